The first-order valence-corrected chi connectivity index (χ1v) is 6.75. The van der Waals surface area contributed by atoms with E-state index in [2.05, 4.69) is 28.7 Å². The Kier molecular flexibility index (Phi) is 4.38. The van der Waals surface area contributed by atoms with Crippen LogP contribution in [0, 0.1) is 5.92 Å². The van der Waals surface area contributed by atoms with Crippen LogP contribution in [-0.4, -0.2) is 23.6 Å². The minimum absolute atomic E-state index is 0.472. The Morgan fingerprint density at radius 1 is 1.16 bits per heavy atom. The summed E-state index contributed by atoms with van der Waals surface area (Å²) in [5.41, 5.74) is 0.976. The Morgan fingerprint density at radius 2 is 1.84 bits per heavy atom. The van der Waals surface area contributed by atoms with Crippen LogP contribution in [0.4, 0.5) is 5.82 Å². The normalized spacial score (nSPS) is 10.8. The van der Waals surface area contributed by atoms with Crippen LogP contribution in [-0.2, 0) is 0 Å². The van der Waals surface area contributed by atoms with Gasteiger partial charge >= 0.3 is 0 Å². The maximum absolute atomic E-state index is 6.10. The van der Waals surface area contributed by atoms with Crippen LogP contribution in [0.25, 0.3) is 11.4 Å². The Morgan fingerprint density at radius 3 is 2.47 bits per heavy atom. The van der Waals surface area contributed by atoms with Crippen molar-refractivity contribution in [3.05, 3.63) is 41.6 Å². The first-order valence-electron chi connectivity index (χ1n) is 6.37. The highest BCUT2D eigenvalue weighted by molar-refractivity contribution is 6.29. The van der Waals surface area contributed by atoms with Gasteiger partial charge in [0.2, 0.25) is 0 Å². The lowest BCUT2D eigenvalue weighted by molar-refractivity contribution is 0.634. The number of aromatic nitrogens is 2. The number of anilines is 1. The molecule has 2 rings (SSSR count). The molecule has 0 amide bonds. The second kappa shape index (κ2) is 6.02. The predicted octanol–water partition coefficient (Wildman–Crippen LogP) is 3.89. The average Bonchev–Trinajstić information content (AvgIpc) is 2.38. The second-order valence-corrected chi connectivity index (χ2v) is 5.40. The van der Waals surface area contributed by atoms with Gasteiger partial charge in [-0.3, -0.25) is 0 Å². The molecule has 19 heavy (non-hydrogen) atoms. The molecule has 3 nitrogen and oxygen atoms in total. The van der Waals surface area contributed by atoms with Gasteiger partial charge in [0.1, 0.15) is 11.0 Å². The maximum Gasteiger partial charge on any atom is 0.163 e. The summed E-state index contributed by atoms with van der Waals surface area (Å²) in [6.45, 7) is 5.29. The fraction of sp³-hybridized carbons (Fsp3) is 0.333. The summed E-state index contributed by atoms with van der Waals surface area (Å²) < 4.78 is 0. The number of halogens is 1. The third-order valence-corrected chi connectivity index (χ3v) is 2.94. The molecule has 0 spiro atoms. The van der Waals surface area contributed by atoms with Gasteiger partial charge in [0.05, 0.1) is 0 Å². The first-order chi connectivity index (χ1) is 9.06. The van der Waals surface area contributed by atoms with Gasteiger partial charge in [0, 0.05) is 25.2 Å². The molecule has 100 valence electrons. The topological polar surface area (TPSA) is 29.0 Å². The van der Waals surface area contributed by atoms with Crippen LogP contribution in [0.5, 0.6) is 0 Å². The van der Waals surface area contributed by atoms with Crippen molar-refractivity contribution in [3.63, 3.8) is 0 Å². The van der Waals surface area contributed by atoms with Gasteiger partial charge in [-0.05, 0) is 5.92 Å². The maximum atomic E-state index is 6.10. The van der Waals surface area contributed by atoms with Crippen molar-refractivity contribution in [2.24, 2.45) is 5.92 Å². The Hall–Kier alpha value is -1.61. The summed E-state index contributed by atoms with van der Waals surface area (Å²) in [6, 6.07) is 11.7. The second-order valence-electron chi connectivity index (χ2n) is 5.01. The van der Waals surface area contributed by atoms with Crippen LogP contribution in [0.3, 0.4) is 0 Å². The third-order valence-electron chi connectivity index (χ3n) is 2.74. The largest absolute Gasteiger partial charge is 0.359 e. The molecule has 2 aromatic rings. The molecule has 0 saturated heterocycles. The fourth-order valence-corrected chi connectivity index (χ4v) is 2.14. The van der Waals surface area contributed by atoms with Gasteiger partial charge in [0.25, 0.3) is 0 Å². The van der Waals surface area contributed by atoms with Gasteiger partial charge in [-0.25, -0.2) is 9.97 Å². The number of rotatable bonds is 4. The number of benzene rings is 1. The van der Waals surface area contributed by atoms with Gasteiger partial charge in [0.15, 0.2) is 5.82 Å². The van der Waals surface area contributed by atoms with Crippen molar-refractivity contribution in [1.29, 1.82) is 0 Å². The SMILES string of the molecule is CC(C)CN(C)c1cc(Cl)nc(-c2ccccc2)n1. The molecule has 0 saturated carbocycles. The molecule has 4 heteroatoms. The fourth-order valence-electron chi connectivity index (χ4n) is 1.96. The minimum Gasteiger partial charge on any atom is -0.359 e. The molecule has 0 aliphatic heterocycles. The quantitative estimate of drug-likeness (QED) is 0.793. The molecule has 0 N–H and O–H groups in total. The molecule has 0 bridgehead atoms. The van der Waals surface area contributed by atoms with Crippen molar-refractivity contribution in [2.45, 2.75) is 13.8 Å². The van der Waals surface area contributed by atoms with Crippen LogP contribution in [0.2, 0.25) is 5.15 Å². The molecule has 0 atom stereocenters. The van der Waals surface area contributed by atoms with Gasteiger partial charge in [-0.15, -0.1) is 0 Å². The highest BCUT2D eigenvalue weighted by Crippen LogP contribution is 2.22. The molecule has 0 radical (unpaired) electrons. The van der Waals surface area contributed by atoms with Crippen molar-refractivity contribution in [1.82, 2.24) is 9.97 Å². The number of hydrogen-bond donors (Lipinski definition) is 0. The summed E-state index contributed by atoms with van der Waals surface area (Å²) in [6.07, 6.45) is 0. The van der Waals surface area contributed by atoms with E-state index >= 15 is 0 Å². The molecular formula is C15H18ClN3. The van der Waals surface area contributed by atoms with E-state index in [1.165, 1.54) is 0 Å². The summed E-state index contributed by atoms with van der Waals surface area (Å²) in [7, 11) is 2.02. The first kappa shape index (κ1) is 13.8. The molecule has 0 fully saturated rings. The minimum atomic E-state index is 0.472. The highest BCUT2D eigenvalue weighted by atomic mass is 35.5. The molecule has 0 aliphatic rings. The lowest BCUT2D eigenvalue weighted by Gasteiger charge is -2.20. The van der Waals surface area contributed by atoms with Crippen LogP contribution >= 0.6 is 11.6 Å². The predicted molar refractivity (Wildman–Crippen MR) is 80.6 cm³/mol. The molecule has 1 aromatic carbocycles. The number of hydrogen-bond acceptors (Lipinski definition) is 3. The molecule has 0 aliphatic carbocycles. The molecule has 0 unspecified atom stereocenters. The zero-order valence-electron chi connectivity index (χ0n) is 11.5. The molecular weight excluding hydrogens is 258 g/mol. The van der Waals surface area contributed by atoms with E-state index in [9.17, 15) is 0 Å². The van der Waals surface area contributed by atoms with E-state index in [4.69, 9.17) is 11.6 Å². The average molecular weight is 276 g/mol. The van der Waals surface area contributed by atoms with Crippen LogP contribution in [0.1, 0.15) is 13.8 Å². The van der Waals surface area contributed by atoms with Gasteiger partial charge in [-0.1, -0.05) is 55.8 Å². The summed E-state index contributed by atoms with van der Waals surface area (Å²) in [5, 5.41) is 0.472. The molecule has 1 heterocycles. The van der Waals surface area contributed by atoms with Crippen LogP contribution < -0.4 is 4.90 Å². The van der Waals surface area contributed by atoms with E-state index in [1.807, 2.05) is 37.4 Å². The third kappa shape index (κ3) is 3.67. The van der Waals surface area contributed by atoms with E-state index < -0.39 is 0 Å². The lowest BCUT2D eigenvalue weighted by atomic mass is 10.2. The Bertz CT molecular complexity index is 540. The van der Waals surface area contributed by atoms with E-state index in [-0.39, 0.29) is 0 Å². The smallest absolute Gasteiger partial charge is 0.163 e. The summed E-state index contributed by atoms with van der Waals surface area (Å²) in [5.74, 6) is 2.09. The van der Waals surface area contributed by atoms with Crippen molar-refractivity contribution in [3.8, 4) is 11.4 Å². The highest BCUT2D eigenvalue weighted by Gasteiger charge is 2.10. The van der Waals surface area contributed by atoms with Crippen molar-refractivity contribution in [2.75, 3.05) is 18.5 Å². The Balaban J connectivity index is 2.35. The van der Waals surface area contributed by atoms with E-state index in [0.717, 1.165) is 17.9 Å². The van der Waals surface area contributed by atoms with Gasteiger partial charge < -0.3 is 4.90 Å². The molecule has 1 aromatic heterocycles. The summed E-state index contributed by atoms with van der Waals surface area (Å²) >= 11 is 6.10. The Labute approximate surface area is 119 Å². The number of nitrogens with zero attached hydrogens (tertiary/aromatic N) is 3. The van der Waals surface area contributed by atoms with Crippen molar-refractivity contribution >= 4 is 17.4 Å². The zero-order valence-corrected chi connectivity index (χ0v) is 12.2. The van der Waals surface area contributed by atoms with Gasteiger partial charge in [-0.2, -0.15) is 0 Å². The zero-order chi connectivity index (χ0) is 13.8. The lowest BCUT2D eigenvalue weighted by Crippen LogP contribution is -2.23. The van der Waals surface area contributed by atoms with E-state index in [0.29, 0.717) is 16.9 Å². The monoisotopic (exact) mass is 275 g/mol. The van der Waals surface area contributed by atoms with Crippen LogP contribution in [0.15, 0.2) is 36.4 Å². The van der Waals surface area contributed by atoms with E-state index in [1.54, 1.807) is 6.07 Å². The van der Waals surface area contributed by atoms with Crippen molar-refractivity contribution < 1.29 is 0 Å². The summed E-state index contributed by atoms with van der Waals surface area (Å²) in [4.78, 5) is 11.0. The standard InChI is InChI=1S/C15H18ClN3/c1-11(2)10-19(3)14-9-13(16)17-15(18-14)12-7-5-4-6-8-12/h4-9,11H,10H2,1-3H3.